The highest BCUT2D eigenvalue weighted by atomic mass is 15.1. The monoisotopic (exact) mass is 705 g/mol. The van der Waals surface area contributed by atoms with E-state index in [9.17, 15) is 0 Å². The van der Waals surface area contributed by atoms with Gasteiger partial charge in [-0.05, 0) is 109 Å². The normalized spacial score (nSPS) is 14.1. The van der Waals surface area contributed by atoms with E-state index in [-0.39, 0.29) is 10.8 Å². The first kappa shape index (κ1) is 33.2. The Kier molecular flexibility index (Phi) is 7.58. The molecule has 0 fully saturated rings. The van der Waals surface area contributed by atoms with Gasteiger partial charge in [0.15, 0.2) is 0 Å². The Labute approximate surface area is 325 Å². The Balaban J connectivity index is 1.15. The second-order valence-electron chi connectivity index (χ2n) is 16.1. The van der Waals surface area contributed by atoms with Crippen molar-refractivity contribution in [3.8, 4) is 55.6 Å². The van der Waals surface area contributed by atoms with Crippen LogP contribution in [0.5, 0.6) is 0 Å². The molecule has 0 amide bonds. The van der Waals surface area contributed by atoms with Gasteiger partial charge < -0.3 is 4.90 Å². The maximum atomic E-state index is 2.47. The summed E-state index contributed by atoms with van der Waals surface area (Å²) in [5, 5.41) is 0. The highest BCUT2D eigenvalue weighted by Gasteiger charge is 2.37. The fourth-order valence-electron chi connectivity index (χ4n) is 9.44. The largest absolute Gasteiger partial charge is 0.310 e. The average molecular weight is 706 g/mol. The Hall–Kier alpha value is -6.44. The van der Waals surface area contributed by atoms with Gasteiger partial charge in [0.25, 0.3) is 0 Å². The van der Waals surface area contributed by atoms with Crippen molar-refractivity contribution in [1.82, 2.24) is 0 Å². The van der Waals surface area contributed by atoms with Gasteiger partial charge in [0.2, 0.25) is 0 Å². The van der Waals surface area contributed by atoms with Gasteiger partial charge in [-0.1, -0.05) is 179 Å². The van der Waals surface area contributed by atoms with Crippen molar-refractivity contribution in [2.24, 2.45) is 0 Å². The molecule has 0 heterocycles. The van der Waals surface area contributed by atoms with E-state index in [1.54, 1.807) is 0 Å². The highest BCUT2D eigenvalue weighted by molar-refractivity contribution is 5.97. The predicted molar refractivity (Wildman–Crippen MR) is 233 cm³/mol. The molecule has 1 nitrogen and oxygen atoms in total. The molecule has 0 bridgehead atoms. The SMILES string of the molecule is CC1(C)c2ccccc2-c2ccc(-c3ccc(N(c4ccc5c(c4)C(C)(C)c4ccccc4-5)c4cccc(-c5ccccc5)c4-c4ccccc4)cc3)cc21. The van der Waals surface area contributed by atoms with Crippen molar-refractivity contribution >= 4 is 17.1 Å². The van der Waals surface area contributed by atoms with Crippen LogP contribution in [-0.4, -0.2) is 0 Å². The molecule has 2 aliphatic rings. The van der Waals surface area contributed by atoms with E-state index in [1.165, 1.54) is 77.9 Å². The molecule has 0 spiro atoms. The van der Waals surface area contributed by atoms with Crippen LogP contribution in [0.1, 0.15) is 49.9 Å². The summed E-state index contributed by atoms with van der Waals surface area (Å²) in [7, 11) is 0. The minimum Gasteiger partial charge on any atom is -0.310 e. The zero-order valence-corrected chi connectivity index (χ0v) is 31.8. The van der Waals surface area contributed by atoms with Crippen molar-refractivity contribution in [2.75, 3.05) is 4.90 Å². The van der Waals surface area contributed by atoms with Crippen LogP contribution in [-0.2, 0) is 10.8 Å². The Morgan fingerprint density at radius 2 is 0.782 bits per heavy atom. The molecule has 2 aliphatic carbocycles. The third-order valence-electron chi connectivity index (χ3n) is 12.3. The van der Waals surface area contributed by atoms with Crippen molar-refractivity contribution in [3.63, 3.8) is 0 Å². The first-order valence-electron chi connectivity index (χ1n) is 19.4. The second kappa shape index (κ2) is 12.6. The molecule has 0 aromatic heterocycles. The summed E-state index contributed by atoms with van der Waals surface area (Å²) in [6.07, 6.45) is 0. The smallest absolute Gasteiger partial charge is 0.0546 e. The minimum absolute atomic E-state index is 0.0444. The zero-order chi connectivity index (χ0) is 37.3. The summed E-state index contributed by atoms with van der Waals surface area (Å²) >= 11 is 0. The average Bonchev–Trinajstić information content (AvgIpc) is 3.61. The molecule has 1 heteroatoms. The number of fused-ring (bicyclic) bond motifs is 6. The first-order chi connectivity index (χ1) is 26.8. The lowest BCUT2D eigenvalue weighted by Crippen LogP contribution is -2.17. The van der Waals surface area contributed by atoms with Gasteiger partial charge in [-0.2, -0.15) is 0 Å². The molecule has 8 aromatic rings. The number of anilines is 3. The van der Waals surface area contributed by atoms with Gasteiger partial charge in [0, 0.05) is 27.8 Å². The standard InChI is InChI=1S/C54H43N/c1-53(2)47-23-13-11-20-43(47)45-32-28-39(34-49(45)53)36-26-29-40(30-27-36)55(41-31-33-46-44-21-12-14-24-48(44)54(3,4)50(46)35-41)51-25-15-22-42(37-16-7-5-8-17-37)52(51)38-18-9-6-10-19-38/h5-35H,1-4H3. The molecular weight excluding hydrogens is 663 g/mol. The van der Waals surface area contributed by atoms with Gasteiger partial charge in [0.05, 0.1) is 5.69 Å². The van der Waals surface area contributed by atoms with Crippen molar-refractivity contribution < 1.29 is 0 Å². The quantitative estimate of drug-likeness (QED) is 0.166. The lowest BCUT2D eigenvalue weighted by molar-refractivity contribution is 0.660. The summed E-state index contributed by atoms with van der Waals surface area (Å²) in [5.74, 6) is 0. The summed E-state index contributed by atoms with van der Waals surface area (Å²) in [6, 6.07) is 69.5. The molecule has 264 valence electrons. The maximum Gasteiger partial charge on any atom is 0.0546 e. The summed E-state index contributed by atoms with van der Waals surface area (Å²) in [4.78, 5) is 2.47. The zero-order valence-electron chi connectivity index (χ0n) is 31.8. The lowest BCUT2D eigenvalue weighted by atomic mass is 9.81. The fraction of sp³-hybridized carbons (Fsp3) is 0.111. The Morgan fingerprint density at radius 3 is 1.42 bits per heavy atom. The number of hydrogen-bond acceptors (Lipinski definition) is 1. The van der Waals surface area contributed by atoms with Gasteiger partial charge >= 0.3 is 0 Å². The number of rotatable bonds is 6. The van der Waals surface area contributed by atoms with Gasteiger partial charge in [-0.25, -0.2) is 0 Å². The third kappa shape index (κ3) is 5.22. The van der Waals surface area contributed by atoms with E-state index in [2.05, 4.69) is 221 Å². The summed E-state index contributed by atoms with van der Waals surface area (Å²) in [5.41, 5.74) is 21.4. The highest BCUT2D eigenvalue weighted by Crippen LogP contribution is 2.53. The van der Waals surface area contributed by atoms with Gasteiger partial charge in [0.1, 0.15) is 0 Å². The molecule has 0 radical (unpaired) electrons. The van der Waals surface area contributed by atoms with Crippen molar-refractivity contribution in [1.29, 1.82) is 0 Å². The second-order valence-corrected chi connectivity index (χ2v) is 16.1. The molecule has 0 saturated carbocycles. The Bertz CT molecular complexity index is 2740. The predicted octanol–water partition coefficient (Wildman–Crippen LogP) is 14.8. The Morgan fingerprint density at radius 1 is 0.309 bits per heavy atom. The molecule has 8 aromatic carbocycles. The molecule has 0 aliphatic heterocycles. The summed E-state index contributed by atoms with van der Waals surface area (Å²) < 4.78 is 0. The van der Waals surface area contributed by atoms with Crippen LogP contribution in [0.3, 0.4) is 0 Å². The van der Waals surface area contributed by atoms with Crippen LogP contribution in [0.25, 0.3) is 55.6 Å². The van der Waals surface area contributed by atoms with Crippen LogP contribution in [0.4, 0.5) is 17.1 Å². The molecule has 10 rings (SSSR count). The first-order valence-corrected chi connectivity index (χ1v) is 19.4. The molecule has 0 atom stereocenters. The minimum atomic E-state index is -0.118. The molecule has 0 N–H and O–H groups in total. The van der Waals surface area contributed by atoms with E-state index in [4.69, 9.17) is 0 Å². The fourth-order valence-corrected chi connectivity index (χ4v) is 9.44. The van der Waals surface area contributed by atoms with Gasteiger partial charge in [-0.15, -0.1) is 0 Å². The third-order valence-corrected chi connectivity index (χ3v) is 12.3. The van der Waals surface area contributed by atoms with E-state index in [0.29, 0.717) is 0 Å². The van der Waals surface area contributed by atoms with Crippen molar-refractivity contribution in [3.05, 3.63) is 210 Å². The number of nitrogens with zero attached hydrogens (tertiary/aromatic N) is 1. The summed E-state index contributed by atoms with van der Waals surface area (Å²) in [6.45, 7) is 9.43. The topological polar surface area (TPSA) is 3.24 Å². The van der Waals surface area contributed by atoms with Crippen LogP contribution in [0, 0.1) is 0 Å². The van der Waals surface area contributed by atoms with Crippen LogP contribution < -0.4 is 4.90 Å². The maximum absolute atomic E-state index is 2.47. The van der Waals surface area contributed by atoms with E-state index >= 15 is 0 Å². The van der Waals surface area contributed by atoms with E-state index in [1.807, 2.05) is 0 Å². The lowest BCUT2D eigenvalue weighted by Gasteiger charge is -2.31. The van der Waals surface area contributed by atoms with Crippen molar-refractivity contribution in [2.45, 2.75) is 38.5 Å². The van der Waals surface area contributed by atoms with Gasteiger partial charge in [-0.3, -0.25) is 0 Å². The number of hydrogen-bond donors (Lipinski definition) is 0. The molecule has 0 saturated heterocycles. The van der Waals surface area contributed by atoms with E-state index in [0.717, 1.165) is 17.1 Å². The van der Waals surface area contributed by atoms with Crippen LogP contribution in [0.2, 0.25) is 0 Å². The number of benzene rings is 8. The van der Waals surface area contributed by atoms with Crippen LogP contribution >= 0.6 is 0 Å². The van der Waals surface area contributed by atoms with E-state index < -0.39 is 0 Å². The van der Waals surface area contributed by atoms with Crippen LogP contribution in [0.15, 0.2) is 188 Å². The molecule has 0 unspecified atom stereocenters. The molecular formula is C54H43N. The molecule has 55 heavy (non-hydrogen) atoms.